The van der Waals surface area contributed by atoms with E-state index in [0.29, 0.717) is 5.92 Å². The monoisotopic (exact) mass is 67.1 g/mol. The molecule has 1 radical (unpaired) electrons. The molecule has 0 aliphatic carbocycles. The fourth-order valence-corrected chi connectivity index (χ4v) is 0. The zero-order valence-electron chi connectivity index (χ0n) is 3.58. The molecule has 0 aromatic heterocycles. The Morgan fingerprint density at radius 2 is 1.80 bits per heavy atom. The van der Waals surface area contributed by atoms with Gasteiger partial charge in [-0.25, -0.2) is 0 Å². The van der Waals surface area contributed by atoms with E-state index in [1.165, 1.54) is 0 Å². The van der Waals surface area contributed by atoms with Crippen molar-refractivity contribution in [3.63, 3.8) is 0 Å². The second kappa shape index (κ2) is 1.84. The summed E-state index contributed by atoms with van der Waals surface area (Å²) in [7, 11) is 0. The van der Waals surface area contributed by atoms with Gasteiger partial charge in [-0.3, -0.25) is 0 Å². The molecule has 0 saturated carbocycles. The Morgan fingerprint density at radius 1 is 1.60 bits per heavy atom. The predicted octanol–water partition coefficient (Wildman–Crippen LogP) is 1.23. The van der Waals surface area contributed by atoms with Gasteiger partial charge in [0.25, 0.3) is 0 Å². The van der Waals surface area contributed by atoms with Gasteiger partial charge in [0, 0.05) is 5.92 Å². The smallest absolute Gasteiger partial charge is 0.0156 e. The van der Waals surface area contributed by atoms with E-state index in [4.69, 9.17) is 6.42 Å². The van der Waals surface area contributed by atoms with Crippen molar-refractivity contribution in [2.45, 2.75) is 13.8 Å². The van der Waals surface area contributed by atoms with E-state index >= 15 is 0 Å². The molecule has 0 N–H and O–H groups in total. The topological polar surface area (TPSA) is 0 Å². The summed E-state index contributed by atoms with van der Waals surface area (Å²) >= 11 is 0. The first kappa shape index (κ1) is 4.56. The third-order valence-electron chi connectivity index (χ3n) is 0.289. The van der Waals surface area contributed by atoms with Crippen molar-refractivity contribution in [1.29, 1.82) is 0 Å². The van der Waals surface area contributed by atoms with Gasteiger partial charge in [-0.15, -0.1) is 0 Å². The molecule has 0 aliphatic rings. The van der Waals surface area contributed by atoms with Crippen LogP contribution in [0.15, 0.2) is 0 Å². The highest BCUT2D eigenvalue weighted by molar-refractivity contribution is 4.78. The summed E-state index contributed by atoms with van der Waals surface area (Å²) in [6.45, 7) is 3.85. The molecule has 0 fully saturated rings. The van der Waals surface area contributed by atoms with Crippen LogP contribution in [0.4, 0.5) is 0 Å². The van der Waals surface area contributed by atoms with Gasteiger partial charge in [0.15, 0.2) is 0 Å². The summed E-state index contributed by atoms with van der Waals surface area (Å²) in [5, 5.41) is 0. The third kappa shape index (κ3) is 3.56. The molecule has 0 amide bonds. The van der Waals surface area contributed by atoms with E-state index in [2.05, 4.69) is 5.92 Å². The van der Waals surface area contributed by atoms with E-state index in [-0.39, 0.29) is 0 Å². The molecule has 0 saturated heterocycles. The molecule has 0 aliphatic heterocycles. The normalized spacial score (nSPS) is 7.60. The molecule has 0 heteroatoms. The Kier molecular flexibility index (Phi) is 1.68. The van der Waals surface area contributed by atoms with Crippen molar-refractivity contribution in [3.05, 3.63) is 6.42 Å². The van der Waals surface area contributed by atoms with Gasteiger partial charge in [0.2, 0.25) is 0 Å². The van der Waals surface area contributed by atoms with Crippen molar-refractivity contribution in [2.75, 3.05) is 0 Å². The number of rotatable bonds is 0. The number of hydrogen-bond acceptors (Lipinski definition) is 0. The SMILES string of the molecule is [C]#CC(C)C. The van der Waals surface area contributed by atoms with Gasteiger partial charge in [0.1, 0.15) is 0 Å². The fourth-order valence-electron chi connectivity index (χ4n) is 0. The lowest BCUT2D eigenvalue weighted by molar-refractivity contribution is 0.866. The van der Waals surface area contributed by atoms with Gasteiger partial charge >= 0.3 is 0 Å². The zero-order chi connectivity index (χ0) is 4.28. The Morgan fingerprint density at radius 3 is 1.80 bits per heavy atom. The van der Waals surface area contributed by atoms with Crippen molar-refractivity contribution >= 4 is 0 Å². The Labute approximate surface area is 33.2 Å². The van der Waals surface area contributed by atoms with E-state index < -0.39 is 0 Å². The van der Waals surface area contributed by atoms with E-state index in [0.717, 1.165) is 0 Å². The Bertz CT molecular complexity index is 45.5. The molecule has 0 spiro atoms. The fraction of sp³-hybridized carbons (Fsp3) is 0.600. The van der Waals surface area contributed by atoms with E-state index in [1.807, 2.05) is 13.8 Å². The van der Waals surface area contributed by atoms with Gasteiger partial charge < -0.3 is 0 Å². The molecule has 0 nitrogen and oxygen atoms in total. The highest BCUT2D eigenvalue weighted by Gasteiger charge is 1.74. The van der Waals surface area contributed by atoms with Crippen LogP contribution in [-0.2, 0) is 0 Å². The first-order valence-electron chi connectivity index (χ1n) is 1.69. The first-order valence-corrected chi connectivity index (χ1v) is 1.69. The van der Waals surface area contributed by atoms with Crippen LogP contribution in [0.5, 0.6) is 0 Å². The highest BCUT2D eigenvalue weighted by Crippen LogP contribution is 1.82. The maximum absolute atomic E-state index is 6.41. The molecule has 0 unspecified atom stereocenters. The van der Waals surface area contributed by atoms with Gasteiger partial charge in [-0.1, -0.05) is 19.8 Å². The second-order valence-electron chi connectivity index (χ2n) is 1.30. The van der Waals surface area contributed by atoms with Crippen molar-refractivity contribution in [2.24, 2.45) is 5.92 Å². The van der Waals surface area contributed by atoms with Crippen LogP contribution in [-0.4, -0.2) is 0 Å². The van der Waals surface area contributed by atoms with Crippen molar-refractivity contribution < 1.29 is 0 Å². The molecule has 27 valence electrons. The van der Waals surface area contributed by atoms with Crippen LogP contribution < -0.4 is 0 Å². The summed E-state index contributed by atoms with van der Waals surface area (Å²) in [6.07, 6.45) is 6.41. The van der Waals surface area contributed by atoms with Gasteiger partial charge in [-0.2, -0.15) is 0 Å². The van der Waals surface area contributed by atoms with Crippen LogP contribution in [0.3, 0.4) is 0 Å². The number of hydrogen-bond donors (Lipinski definition) is 0. The van der Waals surface area contributed by atoms with E-state index in [9.17, 15) is 0 Å². The first-order chi connectivity index (χ1) is 2.27. The average Bonchev–Trinajstić information content (AvgIpc) is 1.38. The molecular weight excluding hydrogens is 60.1 g/mol. The lowest BCUT2D eigenvalue weighted by Crippen LogP contribution is -1.72. The van der Waals surface area contributed by atoms with E-state index in [1.54, 1.807) is 0 Å². The standard InChI is InChI=1S/C5H7/c1-4-5(2)3/h5H,2-3H3. The molecule has 0 aromatic carbocycles. The summed E-state index contributed by atoms with van der Waals surface area (Å²) in [5.74, 6) is 2.58. The minimum absolute atomic E-state index is 0.301. The summed E-state index contributed by atoms with van der Waals surface area (Å²) < 4.78 is 0. The van der Waals surface area contributed by atoms with Crippen molar-refractivity contribution in [3.8, 4) is 5.92 Å². The average molecular weight is 67.1 g/mol. The summed E-state index contributed by atoms with van der Waals surface area (Å²) in [6, 6.07) is 0. The predicted molar refractivity (Wildman–Crippen MR) is 22.0 cm³/mol. The van der Waals surface area contributed by atoms with Crippen molar-refractivity contribution in [1.82, 2.24) is 0 Å². The molecule has 0 aromatic rings. The molecule has 0 atom stereocenters. The van der Waals surface area contributed by atoms with Crippen LogP contribution >= 0.6 is 0 Å². The lowest BCUT2D eigenvalue weighted by atomic mass is 10.2. The third-order valence-corrected chi connectivity index (χ3v) is 0.289. The largest absolute Gasteiger partial charge is 0.0863 e. The molecule has 0 heterocycles. The summed E-state index contributed by atoms with van der Waals surface area (Å²) in [4.78, 5) is 0. The summed E-state index contributed by atoms with van der Waals surface area (Å²) in [5.41, 5.74) is 0. The van der Waals surface area contributed by atoms with Crippen LogP contribution in [0.25, 0.3) is 0 Å². The Balaban J connectivity index is 2.94. The minimum atomic E-state index is 0.301. The highest BCUT2D eigenvalue weighted by atomic mass is 13.8. The molecule has 0 rings (SSSR count). The van der Waals surface area contributed by atoms with Gasteiger partial charge in [0.05, 0.1) is 0 Å². The van der Waals surface area contributed by atoms with Crippen LogP contribution in [0, 0.1) is 18.3 Å². The lowest BCUT2D eigenvalue weighted by Gasteiger charge is -1.79. The zero-order valence-corrected chi connectivity index (χ0v) is 3.58. The Hall–Kier alpha value is -0.440. The minimum Gasteiger partial charge on any atom is -0.0863 e. The van der Waals surface area contributed by atoms with Gasteiger partial charge in [-0.05, 0) is 6.42 Å². The second-order valence-corrected chi connectivity index (χ2v) is 1.30. The quantitative estimate of drug-likeness (QED) is 0.374. The molecule has 0 bridgehead atoms. The van der Waals surface area contributed by atoms with Crippen LogP contribution in [0.2, 0.25) is 0 Å². The maximum atomic E-state index is 6.41. The molecule has 5 heavy (non-hydrogen) atoms. The maximum Gasteiger partial charge on any atom is 0.0156 e. The molecular formula is C5H7. The van der Waals surface area contributed by atoms with Crippen LogP contribution in [0.1, 0.15) is 13.8 Å².